The minimum atomic E-state index is -0.294. The molecule has 2 aromatic heterocycles. The van der Waals surface area contributed by atoms with Crippen LogP contribution in [0.15, 0.2) is 116 Å². The highest BCUT2D eigenvalue weighted by molar-refractivity contribution is 7.21. The van der Waals surface area contributed by atoms with Gasteiger partial charge >= 0.3 is 0 Å². The summed E-state index contributed by atoms with van der Waals surface area (Å²) in [5.41, 5.74) is 13.4. The Morgan fingerprint density at radius 2 is 1.61 bits per heavy atom. The number of rotatable bonds is 18. The number of ether oxygens (including phenoxy) is 3. The molecule has 356 valence electrons. The van der Waals surface area contributed by atoms with Crippen LogP contribution < -0.4 is 41.4 Å². The molecule has 0 spiro atoms. The molecule has 3 atom stereocenters. The maximum absolute atomic E-state index is 13.5. The van der Waals surface area contributed by atoms with Crippen molar-refractivity contribution in [1.82, 2.24) is 20.9 Å². The van der Waals surface area contributed by atoms with Gasteiger partial charge in [0.2, 0.25) is 11.8 Å². The summed E-state index contributed by atoms with van der Waals surface area (Å²) in [5, 5.41) is 12.9. The van der Waals surface area contributed by atoms with Crippen molar-refractivity contribution in [3.63, 3.8) is 0 Å². The average Bonchev–Trinajstić information content (AvgIpc) is 3.84. The van der Waals surface area contributed by atoms with Crippen molar-refractivity contribution in [3.05, 3.63) is 149 Å². The molecule has 4 amide bonds. The summed E-state index contributed by atoms with van der Waals surface area (Å²) < 4.78 is 17.8. The number of fused-ring (bicyclic) bond motifs is 4. The highest BCUT2D eigenvalue weighted by Gasteiger charge is 2.46. The zero-order valence-corrected chi connectivity index (χ0v) is 39.4. The van der Waals surface area contributed by atoms with E-state index < -0.39 is 0 Å². The molecule has 0 radical (unpaired) electrons. The molecule has 2 aliphatic carbocycles. The summed E-state index contributed by atoms with van der Waals surface area (Å²) in [6, 6.07) is 32.0. The highest BCUT2D eigenvalue weighted by Crippen LogP contribution is 2.44. The number of nitrogens with two attached hydrogens (primary N) is 1. The number of amides is 4. The number of hydrogen-bond acceptors (Lipinski definition) is 11. The molecule has 3 unspecified atom stereocenters. The van der Waals surface area contributed by atoms with Gasteiger partial charge in [-0.25, -0.2) is 4.98 Å². The number of pyridine rings is 1. The monoisotopic (exact) mass is 947 g/mol. The van der Waals surface area contributed by atoms with Crippen molar-refractivity contribution < 1.29 is 33.4 Å². The second-order valence-electron chi connectivity index (χ2n) is 17.9. The molecule has 4 aromatic carbocycles. The molecule has 69 heavy (non-hydrogen) atoms. The van der Waals surface area contributed by atoms with E-state index in [1.807, 2.05) is 43.3 Å². The van der Waals surface area contributed by atoms with E-state index >= 15 is 0 Å². The molecule has 1 aliphatic heterocycles. The highest BCUT2D eigenvalue weighted by atomic mass is 32.1. The Hall–Kier alpha value is -7.23. The number of anilines is 3. The van der Waals surface area contributed by atoms with Gasteiger partial charge < -0.3 is 46.1 Å². The van der Waals surface area contributed by atoms with Gasteiger partial charge in [-0.1, -0.05) is 36.9 Å². The van der Waals surface area contributed by atoms with E-state index in [9.17, 15) is 19.2 Å². The summed E-state index contributed by atoms with van der Waals surface area (Å²) in [7, 11) is 0. The van der Waals surface area contributed by atoms with E-state index in [0.29, 0.717) is 83.8 Å². The third-order valence-corrected chi connectivity index (χ3v) is 14.4. The van der Waals surface area contributed by atoms with E-state index in [0.717, 1.165) is 66.7 Å². The van der Waals surface area contributed by atoms with Gasteiger partial charge in [-0.15, -0.1) is 11.3 Å². The molecular formula is C54H57N7O7S. The number of hydrogen-bond donors (Lipinski definition) is 5. The van der Waals surface area contributed by atoms with E-state index in [4.69, 9.17) is 19.9 Å². The lowest BCUT2D eigenvalue weighted by Gasteiger charge is -2.39. The van der Waals surface area contributed by atoms with Gasteiger partial charge in [0.1, 0.15) is 27.8 Å². The predicted molar refractivity (Wildman–Crippen MR) is 269 cm³/mol. The lowest BCUT2D eigenvalue weighted by atomic mass is 9.83. The number of carbonyl (C=O) groups is 4. The molecule has 2 bridgehead atoms. The van der Waals surface area contributed by atoms with Gasteiger partial charge in [0.15, 0.2) is 5.75 Å². The topological polar surface area (TPSA) is 186 Å². The van der Waals surface area contributed by atoms with Gasteiger partial charge in [0, 0.05) is 60.5 Å². The van der Waals surface area contributed by atoms with Gasteiger partial charge in [-0.3, -0.25) is 19.2 Å². The number of carbonyl (C=O) groups excluding carboxylic acids is 4. The SMILES string of the molecule is C=CC(=O)NCc1ccc(C(=O)Nc2ccccc2Oc2ccc(OCCOCCNC(=O)C3C4CCC3CN(c3ccc5c(c3)CCC(NC(=O)c3sc6nc(C)ccc6c3N)C5)C4)cc2)cc1. The fraction of sp³-hybridized carbons (Fsp3) is 0.315. The number of nitrogen functional groups attached to an aromatic ring is 1. The van der Waals surface area contributed by atoms with Crippen LogP contribution in [-0.2, 0) is 33.7 Å². The quantitative estimate of drug-likeness (QED) is 0.0418. The first-order valence-corrected chi connectivity index (χ1v) is 24.4. The second-order valence-corrected chi connectivity index (χ2v) is 18.9. The van der Waals surface area contributed by atoms with E-state index in [2.05, 4.69) is 55.9 Å². The number of benzene rings is 4. The van der Waals surface area contributed by atoms with Crippen LogP contribution in [0.5, 0.6) is 17.2 Å². The van der Waals surface area contributed by atoms with Gasteiger partial charge in [-0.2, -0.15) is 0 Å². The van der Waals surface area contributed by atoms with Crippen LogP contribution in [0.25, 0.3) is 10.2 Å². The Kier molecular flexibility index (Phi) is 14.5. The summed E-state index contributed by atoms with van der Waals surface area (Å²) in [6.07, 6.45) is 5.85. The molecule has 3 heterocycles. The van der Waals surface area contributed by atoms with E-state index in [1.165, 1.54) is 34.2 Å². The summed E-state index contributed by atoms with van der Waals surface area (Å²) in [4.78, 5) is 59.6. The van der Waals surface area contributed by atoms with Crippen molar-refractivity contribution in [2.45, 2.75) is 51.6 Å². The van der Waals surface area contributed by atoms with Gasteiger partial charge in [0.05, 0.1) is 24.6 Å². The minimum absolute atomic E-state index is 0.00915. The van der Waals surface area contributed by atoms with Crippen LogP contribution >= 0.6 is 11.3 Å². The van der Waals surface area contributed by atoms with Crippen LogP contribution in [0.4, 0.5) is 17.1 Å². The fourth-order valence-corrected chi connectivity index (χ4v) is 10.8. The van der Waals surface area contributed by atoms with Crippen molar-refractivity contribution in [1.29, 1.82) is 0 Å². The number of aryl methyl sites for hydroxylation is 2. The fourth-order valence-electron chi connectivity index (χ4n) is 9.74. The molecule has 15 heteroatoms. The number of piperidine rings is 1. The Morgan fingerprint density at radius 1 is 0.841 bits per heavy atom. The maximum Gasteiger partial charge on any atom is 0.263 e. The number of aromatic nitrogens is 1. The molecular weight excluding hydrogens is 891 g/mol. The Morgan fingerprint density at radius 3 is 2.39 bits per heavy atom. The Labute approximate surface area is 405 Å². The van der Waals surface area contributed by atoms with Gasteiger partial charge in [0.25, 0.3) is 11.8 Å². The predicted octanol–water partition coefficient (Wildman–Crippen LogP) is 8.00. The molecule has 1 saturated heterocycles. The number of thiophene rings is 1. The van der Waals surface area contributed by atoms with Crippen molar-refractivity contribution in [2.75, 3.05) is 55.4 Å². The Bertz CT molecular complexity index is 2840. The zero-order valence-electron chi connectivity index (χ0n) is 38.6. The normalized spacial score (nSPS) is 18.2. The molecule has 14 nitrogen and oxygen atoms in total. The molecule has 2 fully saturated rings. The molecule has 9 rings (SSSR count). The molecule has 1 saturated carbocycles. The lowest BCUT2D eigenvalue weighted by molar-refractivity contribution is -0.128. The minimum Gasteiger partial charge on any atom is -0.491 e. The first kappa shape index (κ1) is 46.9. The first-order valence-electron chi connectivity index (χ1n) is 23.6. The van der Waals surface area contributed by atoms with Gasteiger partial charge in [-0.05, 0) is 146 Å². The van der Waals surface area contributed by atoms with Crippen molar-refractivity contribution in [2.24, 2.45) is 17.8 Å². The number of nitrogens with one attached hydrogen (secondary N) is 4. The van der Waals surface area contributed by atoms with E-state index in [-0.39, 0.29) is 35.6 Å². The largest absolute Gasteiger partial charge is 0.491 e. The summed E-state index contributed by atoms with van der Waals surface area (Å²) in [5.74, 6) is 1.77. The third-order valence-electron chi connectivity index (χ3n) is 13.3. The van der Waals surface area contributed by atoms with Crippen LogP contribution in [-0.4, -0.2) is 74.1 Å². The zero-order chi connectivity index (χ0) is 47.9. The lowest BCUT2D eigenvalue weighted by Crippen LogP contribution is -2.48. The van der Waals surface area contributed by atoms with Crippen LogP contribution in [0.1, 0.15) is 61.7 Å². The van der Waals surface area contributed by atoms with Crippen LogP contribution in [0, 0.1) is 24.7 Å². The standard InChI is InChI=1S/C54H57N7O7S/c1-3-47(62)57-30-34-9-11-35(12-10-34)51(63)60-45-6-4-5-7-46(45)68-43-21-19-42(20-22-43)67-27-26-66-25-24-56-52(64)48-38-13-14-39(48)32-61(31-38)41-18-16-36-28-40(17-15-37(36)29-41)59-53(65)50-49(55)44-23-8-33(2)58-54(44)69-50/h3-12,16,18-23,29,38-40,48H,1,13-15,17,24-28,30-32,55H2,2H3,(H,56,64)(H,57,62)(H,59,65)(H,60,63). The van der Waals surface area contributed by atoms with Crippen LogP contribution in [0.3, 0.4) is 0 Å². The maximum atomic E-state index is 13.5. The van der Waals surface area contributed by atoms with Crippen LogP contribution in [0.2, 0.25) is 0 Å². The second kappa shape index (κ2) is 21.4. The Balaban J connectivity index is 0.667. The smallest absolute Gasteiger partial charge is 0.263 e. The van der Waals surface area contributed by atoms with Crippen molar-refractivity contribution >= 4 is 62.2 Å². The molecule has 6 N–H and O–H groups in total. The third kappa shape index (κ3) is 11.2. The average molecular weight is 948 g/mol. The first-order chi connectivity index (χ1) is 33.6. The summed E-state index contributed by atoms with van der Waals surface area (Å²) >= 11 is 1.35. The summed E-state index contributed by atoms with van der Waals surface area (Å²) in [6.45, 7) is 8.99. The van der Waals surface area contributed by atoms with Crippen molar-refractivity contribution in [3.8, 4) is 17.2 Å². The number of para-hydroxylation sites is 2. The van der Waals surface area contributed by atoms with E-state index in [1.54, 1.807) is 48.5 Å². The molecule has 6 aromatic rings. The molecule has 3 aliphatic rings. The number of nitrogens with zero attached hydrogens (tertiary/aromatic N) is 2.